The third kappa shape index (κ3) is 6.97. The van der Waals surface area contributed by atoms with Crippen molar-refractivity contribution >= 4 is 44.1 Å². The number of carbonyl (C=O) groups is 2. The van der Waals surface area contributed by atoms with Gasteiger partial charge >= 0.3 is 5.91 Å². The number of aromatic nitrogens is 1. The Bertz CT molecular complexity index is 1710. The van der Waals surface area contributed by atoms with Crippen LogP contribution in [-0.4, -0.2) is 48.2 Å². The van der Waals surface area contributed by atoms with Crippen LogP contribution in [0.15, 0.2) is 66.2 Å². The molecule has 1 unspecified atom stereocenters. The fourth-order valence-electron chi connectivity index (χ4n) is 5.30. The number of amides is 1. The van der Waals surface area contributed by atoms with Crippen LogP contribution in [0.1, 0.15) is 70.5 Å². The van der Waals surface area contributed by atoms with Crippen molar-refractivity contribution in [2.75, 3.05) is 31.3 Å². The minimum Gasteiger partial charge on any atom is -0.507 e. The standard InChI is InChI=1S/C36H40N2O7S/c1-5-9-10-20-45-28-18-13-24(21-29(28)43-8-4)32-31(33(39)23-11-14-25(15-12-23)44-19-6-2)34(40)35(41)38(32)36-37-27-17-16-26(42-7-3)22-30(27)46-36/h11-18,21-22,32,39H,5-10,19-20H2,1-4H3. The fraction of sp³-hybridized carbons (Fsp3) is 0.361. The summed E-state index contributed by atoms with van der Waals surface area (Å²) in [5.74, 6) is 0.524. The topological polar surface area (TPSA) is 107 Å². The Morgan fingerprint density at radius 3 is 2.28 bits per heavy atom. The molecule has 1 aliphatic heterocycles. The quantitative estimate of drug-likeness (QED) is 0.0599. The first kappa shape index (κ1) is 32.8. The van der Waals surface area contributed by atoms with E-state index >= 15 is 0 Å². The number of unbranched alkanes of at least 4 members (excludes halogenated alkanes) is 2. The van der Waals surface area contributed by atoms with E-state index in [1.807, 2.05) is 39.0 Å². The molecule has 9 nitrogen and oxygen atoms in total. The van der Waals surface area contributed by atoms with Crippen LogP contribution in [0.3, 0.4) is 0 Å². The molecule has 0 aliphatic carbocycles. The van der Waals surface area contributed by atoms with Gasteiger partial charge in [0.1, 0.15) is 17.3 Å². The average molecular weight is 645 g/mol. The molecule has 1 saturated heterocycles. The minimum absolute atomic E-state index is 0.0412. The summed E-state index contributed by atoms with van der Waals surface area (Å²) in [6.07, 6.45) is 3.90. The number of carbonyl (C=O) groups excluding carboxylic acids is 2. The second kappa shape index (κ2) is 15.1. The van der Waals surface area contributed by atoms with E-state index in [1.165, 1.54) is 16.2 Å². The first-order valence-corrected chi connectivity index (χ1v) is 16.7. The lowest BCUT2D eigenvalue weighted by Crippen LogP contribution is -2.29. The molecule has 0 bridgehead atoms. The summed E-state index contributed by atoms with van der Waals surface area (Å²) in [6.45, 7) is 9.94. The average Bonchev–Trinajstić information content (AvgIpc) is 3.60. The summed E-state index contributed by atoms with van der Waals surface area (Å²) < 4.78 is 24.2. The van der Waals surface area contributed by atoms with Crippen LogP contribution in [0, 0.1) is 0 Å². The summed E-state index contributed by atoms with van der Waals surface area (Å²) >= 11 is 1.28. The zero-order valence-corrected chi connectivity index (χ0v) is 27.5. The van der Waals surface area contributed by atoms with Crippen LogP contribution in [0.25, 0.3) is 16.0 Å². The van der Waals surface area contributed by atoms with Crippen molar-refractivity contribution in [3.63, 3.8) is 0 Å². The van der Waals surface area contributed by atoms with Crippen LogP contribution < -0.4 is 23.8 Å². The number of aliphatic hydroxyl groups is 1. The molecule has 1 atom stereocenters. The van der Waals surface area contributed by atoms with Gasteiger partial charge in [0.2, 0.25) is 0 Å². The van der Waals surface area contributed by atoms with Gasteiger partial charge in [-0.2, -0.15) is 0 Å². The number of anilines is 1. The van der Waals surface area contributed by atoms with Gasteiger partial charge in [0, 0.05) is 5.56 Å². The number of Topliss-reactive ketones (excluding diaryl/α,β-unsaturated/α-hetero) is 1. The molecular weight excluding hydrogens is 604 g/mol. The molecule has 5 rings (SSSR count). The van der Waals surface area contributed by atoms with E-state index in [0.717, 1.165) is 30.4 Å². The van der Waals surface area contributed by atoms with E-state index < -0.39 is 17.7 Å². The lowest BCUT2D eigenvalue weighted by molar-refractivity contribution is -0.132. The number of fused-ring (bicyclic) bond motifs is 1. The Labute approximate surface area is 273 Å². The second-order valence-electron chi connectivity index (χ2n) is 10.8. The number of nitrogens with zero attached hydrogens (tertiary/aromatic N) is 2. The number of hydrogen-bond acceptors (Lipinski definition) is 9. The predicted molar refractivity (Wildman–Crippen MR) is 180 cm³/mol. The van der Waals surface area contributed by atoms with Gasteiger partial charge in [-0.05, 0) is 86.8 Å². The van der Waals surface area contributed by atoms with Crippen LogP contribution in [0.4, 0.5) is 5.13 Å². The molecule has 4 aromatic rings. The first-order valence-electron chi connectivity index (χ1n) is 15.9. The van der Waals surface area contributed by atoms with Crippen molar-refractivity contribution in [2.45, 2.75) is 59.4 Å². The van der Waals surface area contributed by atoms with Gasteiger partial charge in [0.05, 0.1) is 48.3 Å². The molecular formula is C36H40N2O7S. The minimum atomic E-state index is -0.976. The lowest BCUT2D eigenvalue weighted by atomic mass is 9.95. The molecule has 0 spiro atoms. The van der Waals surface area contributed by atoms with Gasteiger partial charge in [-0.15, -0.1) is 0 Å². The number of benzene rings is 3. The molecule has 0 radical (unpaired) electrons. The first-order chi connectivity index (χ1) is 22.4. The number of hydrogen-bond donors (Lipinski definition) is 1. The normalized spacial score (nSPS) is 15.8. The molecule has 3 aromatic carbocycles. The third-order valence-electron chi connectivity index (χ3n) is 7.50. The van der Waals surface area contributed by atoms with Gasteiger partial charge in [-0.3, -0.25) is 14.5 Å². The number of thiazole rings is 1. The molecule has 2 heterocycles. The molecule has 1 fully saturated rings. The van der Waals surface area contributed by atoms with E-state index in [-0.39, 0.29) is 11.3 Å². The molecule has 1 N–H and O–H groups in total. The van der Waals surface area contributed by atoms with Crippen LogP contribution in [0.5, 0.6) is 23.0 Å². The van der Waals surface area contributed by atoms with Crippen molar-refractivity contribution < 1.29 is 33.6 Å². The van der Waals surface area contributed by atoms with Gasteiger partial charge < -0.3 is 24.1 Å². The van der Waals surface area contributed by atoms with E-state index in [2.05, 4.69) is 6.92 Å². The van der Waals surface area contributed by atoms with Crippen molar-refractivity contribution in [3.8, 4) is 23.0 Å². The smallest absolute Gasteiger partial charge is 0.301 e. The highest BCUT2D eigenvalue weighted by molar-refractivity contribution is 7.22. The maximum atomic E-state index is 13.8. The Morgan fingerprint density at radius 1 is 0.804 bits per heavy atom. The zero-order valence-electron chi connectivity index (χ0n) is 26.7. The summed E-state index contributed by atoms with van der Waals surface area (Å²) in [6, 6.07) is 16.7. The maximum absolute atomic E-state index is 13.8. The van der Waals surface area contributed by atoms with Crippen LogP contribution >= 0.6 is 11.3 Å². The van der Waals surface area contributed by atoms with Crippen LogP contribution in [0.2, 0.25) is 0 Å². The predicted octanol–water partition coefficient (Wildman–Crippen LogP) is 8.08. The van der Waals surface area contributed by atoms with Gasteiger partial charge in [0.15, 0.2) is 16.6 Å². The molecule has 0 saturated carbocycles. The SMILES string of the molecule is CCCCCOc1ccc(C2C(=C(O)c3ccc(OCCC)cc3)C(=O)C(=O)N2c2nc3ccc(OCC)cc3s2)cc1OCC. The van der Waals surface area contributed by atoms with Gasteiger partial charge in [0.25, 0.3) is 5.78 Å². The van der Waals surface area contributed by atoms with Crippen molar-refractivity contribution in [2.24, 2.45) is 0 Å². The van der Waals surface area contributed by atoms with Crippen LogP contribution in [-0.2, 0) is 9.59 Å². The maximum Gasteiger partial charge on any atom is 0.301 e. The fourth-order valence-corrected chi connectivity index (χ4v) is 6.32. The summed E-state index contributed by atoms with van der Waals surface area (Å²) in [7, 11) is 0. The molecule has 1 aliphatic rings. The molecule has 1 amide bonds. The Morgan fingerprint density at radius 2 is 1.57 bits per heavy atom. The lowest BCUT2D eigenvalue weighted by Gasteiger charge is -2.24. The second-order valence-corrected chi connectivity index (χ2v) is 11.8. The molecule has 46 heavy (non-hydrogen) atoms. The Kier molecular flexibility index (Phi) is 10.8. The zero-order chi connectivity index (χ0) is 32.6. The summed E-state index contributed by atoms with van der Waals surface area (Å²) in [5, 5.41) is 12.0. The highest BCUT2D eigenvalue weighted by Gasteiger charge is 2.48. The largest absolute Gasteiger partial charge is 0.507 e. The van der Waals surface area contributed by atoms with Crippen molar-refractivity contribution in [1.82, 2.24) is 4.98 Å². The highest BCUT2D eigenvalue weighted by Crippen LogP contribution is 2.46. The van der Waals surface area contributed by atoms with Gasteiger partial charge in [-0.25, -0.2) is 4.98 Å². The summed E-state index contributed by atoms with van der Waals surface area (Å²) in [4.78, 5) is 33.7. The van der Waals surface area contributed by atoms with E-state index in [0.29, 0.717) is 71.2 Å². The number of rotatable bonds is 15. The molecule has 1 aromatic heterocycles. The van der Waals surface area contributed by atoms with Crippen molar-refractivity contribution in [1.29, 1.82) is 0 Å². The Hall–Kier alpha value is -4.57. The Balaban J connectivity index is 1.62. The monoisotopic (exact) mass is 644 g/mol. The number of ketones is 1. The van der Waals surface area contributed by atoms with E-state index in [9.17, 15) is 14.7 Å². The third-order valence-corrected chi connectivity index (χ3v) is 8.52. The summed E-state index contributed by atoms with van der Waals surface area (Å²) in [5.41, 5.74) is 1.58. The van der Waals surface area contributed by atoms with Gasteiger partial charge in [-0.1, -0.05) is 44.1 Å². The molecule has 10 heteroatoms. The molecule has 242 valence electrons. The number of aliphatic hydroxyl groups excluding tert-OH is 1. The van der Waals surface area contributed by atoms with E-state index in [4.69, 9.17) is 23.9 Å². The highest BCUT2D eigenvalue weighted by atomic mass is 32.1. The number of ether oxygens (including phenoxy) is 4. The van der Waals surface area contributed by atoms with E-state index in [1.54, 1.807) is 42.5 Å². The van der Waals surface area contributed by atoms with Crippen molar-refractivity contribution in [3.05, 3.63) is 77.4 Å².